The van der Waals surface area contributed by atoms with Gasteiger partial charge in [-0.15, -0.1) is 0 Å². The molecule has 0 radical (unpaired) electrons. The molecule has 4 nitrogen and oxygen atoms in total. The Morgan fingerprint density at radius 3 is 1.89 bits per heavy atom. The molecule has 0 aromatic rings. The fraction of sp³-hybridized carbons (Fsp3) is 1.00. The zero-order valence-corrected chi connectivity index (χ0v) is 5.06. The zero-order valence-electron chi connectivity index (χ0n) is 4.24. The third-order valence-electron chi connectivity index (χ3n) is 0.560. The Morgan fingerprint density at radius 1 is 1.33 bits per heavy atom. The number of hydrogen-bond donors (Lipinski definition) is 2. The van der Waals surface area contributed by atoms with Gasteiger partial charge in [0.1, 0.15) is 0 Å². The normalized spacial score (nSPS) is 10.4. The average molecular weight is 148 g/mol. The molecule has 0 saturated carbocycles. The summed E-state index contributed by atoms with van der Waals surface area (Å²) >= 11 is 0. The van der Waals surface area contributed by atoms with Crippen LogP contribution < -0.4 is 0 Å². The van der Waals surface area contributed by atoms with Crippen molar-refractivity contribution in [1.29, 1.82) is 0 Å². The number of aliphatic hydroxyl groups is 1. The second-order valence-corrected chi connectivity index (χ2v) is 2.94. The van der Waals surface area contributed by atoms with Gasteiger partial charge < -0.3 is 5.11 Å². The van der Waals surface area contributed by atoms with Gasteiger partial charge in [0, 0.05) is 6.61 Å². The van der Waals surface area contributed by atoms with Crippen molar-refractivity contribution in [3.63, 3.8) is 0 Å². The molecule has 0 atom stereocenters. The summed E-state index contributed by atoms with van der Waals surface area (Å²) in [6, 6.07) is 0. The van der Waals surface area contributed by atoms with E-state index in [-0.39, 0.29) is 37.6 Å². The van der Waals surface area contributed by atoms with Crippen LogP contribution in [-0.2, 0) is 10.1 Å². The number of rotatable bonds is 3. The van der Waals surface area contributed by atoms with Gasteiger partial charge >= 0.3 is 18.9 Å². The van der Waals surface area contributed by atoms with Crippen molar-refractivity contribution >= 4 is 29.0 Å². The van der Waals surface area contributed by atoms with E-state index < -0.39 is 10.1 Å². The summed E-state index contributed by atoms with van der Waals surface area (Å²) in [7, 11) is -3.85. The molecule has 6 heteroatoms. The molecule has 0 aliphatic rings. The molecule has 0 aliphatic carbocycles. The predicted octanol–water partition coefficient (Wildman–Crippen LogP) is -1.39. The molecule has 2 N–H and O–H groups in total. The van der Waals surface area contributed by atoms with Gasteiger partial charge in [-0.2, -0.15) is 8.42 Å². The summed E-state index contributed by atoms with van der Waals surface area (Å²) < 4.78 is 27.7. The van der Waals surface area contributed by atoms with E-state index >= 15 is 0 Å². The first-order valence-corrected chi connectivity index (χ1v) is 3.73. The molecule has 52 valence electrons. The quantitative estimate of drug-likeness (QED) is 0.381. The van der Waals surface area contributed by atoms with Gasteiger partial charge in [-0.1, -0.05) is 0 Å². The van der Waals surface area contributed by atoms with Gasteiger partial charge in [-0.25, -0.2) is 0 Å². The van der Waals surface area contributed by atoms with Crippen LogP contribution in [0.25, 0.3) is 0 Å². The van der Waals surface area contributed by atoms with Crippen molar-refractivity contribution in [3.8, 4) is 0 Å². The minimum absolute atomic E-state index is 0. The molecule has 0 spiro atoms. The minimum atomic E-state index is -3.85. The zero-order chi connectivity index (χ0) is 6.62. The van der Waals surface area contributed by atoms with Gasteiger partial charge in [0.25, 0.3) is 10.1 Å². The molecule has 0 saturated heterocycles. The molecule has 0 unspecified atom stereocenters. The molecule has 0 heterocycles. The summed E-state index contributed by atoms with van der Waals surface area (Å²) in [4.78, 5) is 0. The van der Waals surface area contributed by atoms with Crippen LogP contribution in [0.3, 0.4) is 0 Å². The van der Waals surface area contributed by atoms with Crippen molar-refractivity contribution in [2.75, 3.05) is 12.4 Å². The summed E-state index contributed by atoms with van der Waals surface area (Å²) in [6.45, 7) is -0.209. The van der Waals surface area contributed by atoms with Crippen molar-refractivity contribution in [3.05, 3.63) is 0 Å². The van der Waals surface area contributed by atoms with Crippen LogP contribution in [0.1, 0.15) is 6.42 Å². The van der Waals surface area contributed by atoms with Crippen molar-refractivity contribution < 1.29 is 18.1 Å². The summed E-state index contributed by atoms with van der Waals surface area (Å²) in [5, 5.41) is 8.05. The van der Waals surface area contributed by atoms with Gasteiger partial charge in [-0.3, -0.25) is 4.55 Å². The Balaban J connectivity index is 0. The standard InChI is InChI=1S/C3H8O4S.Li.H/c4-2-1-3-8(5,6)7;;/h4H,1-3H2,(H,5,6,7);;. The van der Waals surface area contributed by atoms with E-state index in [4.69, 9.17) is 9.66 Å². The first-order valence-electron chi connectivity index (χ1n) is 2.12. The van der Waals surface area contributed by atoms with E-state index in [9.17, 15) is 8.42 Å². The molecule has 0 fully saturated rings. The predicted molar refractivity (Wildman–Crippen MR) is 35.3 cm³/mol. The Kier molecular flexibility index (Phi) is 7.12. The van der Waals surface area contributed by atoms with Crippen LogP contribution in [0.4, 0.5) is 0 Å². The van der Waals surface area contributed by atoms with Crippen molar-refractivity contribution in [2.45, 2.75) is 6.42 Å². The van der Waals surface area contributed by atoms with Crippen LogP contribution in [0, 0.1) is 0 Å². The second kappa shape index (κ2) is 5.27. The van der Waals surface area contributed by atoms with Crippen LogP contribution in [0.5, 0.6) is 0 Å². The summed E-state index contributed by atoms with van der Waals surface area (Å²) in [6.07, 6.45) is 0.0961. The van der Waals surface area contributed by atoms with Gasteiger partial charge in [0.05, 0.1) is 5.75 Å². The molecular weight excluding hydrogens is 139 g/mol. The fourth-order valence-electron chi connectivity index (χ4n) is 0.247. The monoisotopic (exact) mass is 148 g/mol. The number of hydrogen-bond acceptors (Lipinski definition) is 3. The molecule has 0 aromatic heterocycles. The van der Waals surface area contributed by atoms with E-state index in [1.165, 1.54) is 0 Å². The maximum absolute atomic E-state index is 9.83. The first-order chi connectivity index (χ1) is 3.56. The maximum atomic E-state index is 9.83. The third kappa shape index (κ3) is 11.8. The Hall–Kier alpha value is 0.467. The van der Waals surface area contributed by atoms with E-state index in [1.807, 2.05) is 0 Å². The molecule has 0 bridgehead atoms. The van der Waals surface area contributed by atoms with Crippen molar-refractivity contribution in [2.24, 2.45) is 0 Å². The van der Waals surface area contributed by atoms with E-state index in [2.05, 4.69) is 0 Å². The van der Waals surface area contributed by atoms with Gasteiger partial charge in [-0.05, 0) is 6.42 Å². The second-order valence-electron chi connectivity index (χ2n) is 1.36. The molecule has 0 rings (SSSR count). The fourth-order valence-corrected chi connectivity index (χ4v) is 0.741. The Morgan fingerprint density at radius 2 is 1.78 bits per heavy atom. The van der Waals surface area contributed by atoms with E-state index in [0.717, 1.165) is 0 Å². The van der Waals surface area contributed by atoms with E-state index in [0.29, 0.717) is 0 Å². The average Bonchev–Trinajstić information content (AvgIpc) is 1.59. The van der Waals surface area contributed by atoms with Crippen molar-refractivity contribution in [1.82, 2.24) is 0 Å². The molecule has 0 aromatic carbocycles. The topological polar surface area (TPSA) is 74.6 Å². The molecule has 0 amide bonds. The van der Waals surface area contributed by atoms with Crippen LogP contribution in [0.2, 0.25) is 0 Å². The Labute approximate surface area is 66.2 Å². The molecular formula is C3H9LiO4S. The first kappa shape index (κ1) is 12.2. The van der Waals surface area contributed by atoms with E-state index in [1.54, 1.807) is 0 Å². The molecule has 0 aliphatic heterocycles. The Bertz CT molecular complexity index is 140. The third-order valence-corrected chi connectivity index (χ3v) is 1.36. The van der Waals surface area contributed by atoms with Crippen LogP contribution in [-0.4, -0.2) is 49.3 Å². The molecule has 9 heavy (non-hydrogen) atoms. The summed E-state index contributed by atoms with van der Waals surface area (Å²) in [5.41, 5.74) is 0. The van der Waals surface area contributed by atoms with Gasteiger partial charge in [0.2, 0.25) is 0 Å². The van der Waals surface area contributed by atoms with Crippen LogP contribution in [0.15, 0.2) is 0 Å². The van der Waals surface area contributed by atoms with Gasteiger partial charge in [0.15, 0.2) is 0 Å². The number of aliphatic hydroxyl groups excluding tert-OH is 1. The SMILES string of the molecule is O=S(=O)(O)CCCO.[LiH]. The van der Waals surface area contributed by atoms with Crippen LogP contribution >= 0.6 is 0 Å². The summed E-state index contributed by atoms with van der Waals surface area (Å²) in [5.74, 6) is -0.358.